The molecule has 1 fully saturated rings. The lowest BCUT2D eigenvalue weighted by Crippen LogP contribution is -2.42. The van der Waals surface area contributed by atoms with Gasteiger partial charge >= 0.3 is 0 Å². The molecule has 3 nitrogen and oxygen atoms in total. The van der Waals surface area contributed by atoms with Crippen molar-refractivity contribution in [3.8, 4) is 0 Å². The Labute approximate surface area is 211 Å². The van der Waals surface area contributed by atoms with Crippen molar-refractivity contribution in [2.75, 3.05) is 6.54 Å². The first-order chi connectivity index (χ1) is 15.8. The van der Waals surface area contributed by atoms with Crippen LogP contribution in [0.25, 0.3) is 0 Å². The maximum absolute atomic E-state index is 12.2. The van der Waals surface area contributed by atoms with E-state index < -0.39 is 0 Å². The van der Waals surface area contributed by atoms with E-state index in [4.69, 9.17) is 0 Å². The summed E-state index contributed by atoms with van der Waals surface area (Å²) in [5.74, 6) is -0.146. The van der Waals surface area contributed by atoms with Gasteiger partial charge in [-0.15, -0.1) is 12.6 Å². The molecule has 33 heavy (non-hydrogen) atoms. The minimum absolute atomic E-state index is 0.108. The Balaban J connectivity index is -0.000000325. The van der Waals surface area contributed by atoms with Crippen LogP contribution in [0.2, 0.25) is 0 Å². The second-order valence-electron chi connectivity index (χ2n) is 6.77. The van der Waals surface area contributed by atoms with Crippen molar-refractivity contribution >= 4 is 18.5 Å². The molecule has 0 aromatic heterocycles. The zero-order valence-corrected chi connectivity index (χ0v) is 23.9. The SMILES string of the molecule is C/C=C(\C)S.C=C/C=C(\C=C)C(=O)NCC1(/C(C)=C/C=C)CCC(O)CC1.CC.CC.CC. The number of nitrogens with one attached hydrogen (secondary N) is 1. The van der Waals surface area contributed by atoms with Gasteiger partial charge in [-0.05, 0) is 51.4 Å². The Morgan fingerprint density at radius 2 is 1.42 bits per heavy atom. The van der Waals surface area contributed by atoms with Crippen molar-refractivity contribution in [1.82, 2.24) is 5.32 Å². The topological polar surface area (TPSA) is 49.3 Å². The van der Waals surface area contributed by atoms with Crippen LogP contribution in [-0.2, 0) is 4.79 Å². The average molecular weight is 480 g/mol. The van der Waals surface area contributed by atoms with E-state index in [1.807, 2.05) is 67.5 Å². The van der Waals surface area contributed by atoms with Crippen molar-refractivity contribution in [2.45, 2.75) is 94.1 Å². The van der Waals surface area contributed by atoms with Crippen molar-refractivity contribution in [1.29, 1.82) is 0 Å². The van der Waals surface area contributed by atoms with Crippen molar-refractivity contribution in [2.24, 2.45) is 5.41 Å². The van der Waals surface area contributed by atoms with E-state index in [2.05, 4.69) is 44.6 Å². The summed E-state index contributed by atoms with van der Waals surface area (Å²) in [5, 5.41) is 12.8. The first-order valence-corrected chi connectivity index (χ1v) is 12.7. The molecule has 0 aromatic carbocycles. The number of allylic oxidation sites excluding steroid dienone is 6. The molecule has 4 heteroatoms. The summed E-state index contributed by atoms with van der Waals surface area (Å²) in [7, 11) is 0. The number of aliphatic hydroxyl groups is 1. The van der Waals surface area contributed by atoms with Crippen molar-refractivity contribution in [3.05, 3.63) is 72.2 Å². The third-order valence-electron chi connectivity index (χ3n) is 4.90. The van der Waals surface area contributed by atoms with E-state index in [0.29, 0.717) is 12.1 Å². The van der Waals surface area contributed by atoms with Crippen LogP contribution in [0.4, 0.5) is 0 Å². The number of aliphatic hydroxyl groups excluding tert-OH is 1. The van der Waals surface area contributed by atoms with E-state index in [0.717, 1.165) is 30.6 Å². The van der Waals surface area contributed by atoms with E-state index in [1.54, 1.807) is 18.2 Å². The number of hydrogen-bond donors (Lipinski definition) is 3. The molecule has 1 aliphatic carbocycles. The third-order valence-corrected chi connectivity index (χ3v) is 5.16. The average Bonchev–Trinajstić information content (AvgIpc) is 2.86. The van der Waals surface area contributed by atoms with Crippen molar-refractivity contribution < 1.29 is 9.90 Å². The molecule has 192 valence electrons. The highest BCUT2D eigenvalue weighted by Gasteiger charge is 2.36. The van der Waals surface area contributed by atoms with Gasteiger partial charge in [0.15, 0.2) is 0 Å². The Morgan fingerprint density at radius 3 is 1.76 bits per heavy atom. The molecule has 0 radical (unpaired) electrons. The van der Waals surface area contributed by atoms with Gasteiger partial charge in [0.1, 0.15) is 0 Å². The molecule has 0 spiro atoms. The second kappa shape index (κ2) is 26.5. The molecular weight excluding hydrogens is 426 g/mol. The summed E-state index contributed by atoms with van der Waals surface area (Å²) < 4.78 is 0. The molecule has 1 saturated carbocycles. The zero-order chi connectivity index (χ0) is 26.9. The number of hydrogen-bond acceptors (Lipinski definition) is 3. The summed E-state index contributed by atoms with van der Waals surface area (Å²) >= 11 is 3.96. The Hall–Kier alpha value is -1.78. The van der Waals surface area contributed by atoms with Crippen LogP contribution in [0.15, 0.2) is 72.2 Å². The number of rotatable bonds is 7. The summed E-state index contributed by atoms with van der Waals surface area (Å²) in [6, 6.07) is 0. The van der Waals surface area contributed by atoms with Crippen LogP contribution in [-0.4, -0.2) is 23.7 Å². The van der Waals surface area contributed by atoms with Gasteiger partial charge in [-0.2, -0.15) is 0 Å². The highest BCUT2D eigenvalue weighted by molar-refractivity contribution is 7.84. The maximum atomic E-state index is 12.2. The highest BCUT2D eigenvalue weighted by atomic mass is 32.1. The van der Waals surface area contributed by atoms with Gasteiger partial charge in [-0.3, -0.25) is 4.79 Å². The van der Waals surface area contributed by atoms with Gasteiger partial charge in [0.2, 0.25) is 0 Å². The quantitative estimate of drug-likeness (QED) is 0.195. The van der Waals surface area contributed by atoms with Gasteiger partial charge < -0.3 is 10.4 Å². The predicted molar refractivity (Wildman–Crippen MR) is 155 cm³/mol. The molecule has 1 rings (SSSR count). The summed E-state index contributed by atoms with van der Waals surface area (Å²) in [4.78, 5) is 13.3. The Kier molecular flexibility index (Phi) is 30.9. The summed E-state index contributed by atoms with van der Waals surface area (Å²) in [6.45, 7) is 29.5. The summed E-state index contributed by atoms with van der Waals surface area (Å²) in [5.41, 5.74) is 1.60. The molecule has 0 bridgehead atoms. The predicted octanol–water partition coefficient (Wildman–Crippen LogP) is 8.37. The molecule has 0 heterocycles. The highest BCUT2D eigenvalue weighted by Crippen LogP contribution is 2.42. The first kappa shape index (κ1) is 38.5. The minimum atomic E-state index is -0.232. The van der Waals surface area contributed by atoms with Crippen LogP contribution < -0.4 is 5.32 Å². The summed E-state index contributed by atoms with van der Waals surface area (Å²) in [6.07, 6.45) is 13.5. The van der Waals surface area contributed by atoms with E-state index in [-0.39, 0.29) is 17.4 Å². The Morgan fingerprint density at radius 1 is 1.00 bits per heavy atom. The van der Waals surface area contributed by atoms with Gasteiger partial charge in [-0.25, -0.2) is 0 Å². The third kappa shape index (κ3) is 18.3. The Bertz CT molecular complexity index is 603. The van der Waals surface area contributed by atoms with Gasteiger partial charge in [0.25, 0.3) is 5.91 Å². The van der Waals surface area contributed by atoms with E-state index in [9.17, 15) is 9.90 Å². The number of carbonyl (C=O) groups excluding carboxylic acids is 1. The largest absolute Gasteiger partial charge is 0.393 e. The van der Waals surface area contributed by atoms with Crippen LogP contribution in [0, 0.1) is 5.41 Å². The van der Waals surface area contributed by atoms with Crippen LogP contribution in [0.1, 0.15) is 88.0 Å². The lowest BCUT2D eigenvalue weighted by atomic mass is 9.68. The first-order valence-electron chi connectivity index (χ1n) is 12.3. The molecule has 1 aliphatic rings. The van der Waals surface area contributed by atoms with Gasteiger partial charge in [0, 0.05) is 17.5 Å². The molecule has 2 N–H and O–H groups in total. The molecule has 1 amide bonds. The fraction of sp³-hybridized carbons (Fsp3) is 0.552. The van der Waals surface area contributed by atoms with E-state index in [1.165, 1.54) is 11.6 Å². The minimum Gasteiger partial charge on any atom is -0.393 e. The van der Waals surface area contributed by atoms with Crippen LogP contribution in [0.5, 0.6) is 0 Å². The fourth-order valence-electron chi connectivity index (χ4n) is 2.93. The fourth-order valence-corrected chi connectivity index (χ4v) is 2.93. The monoisotopic (exact) mass is 479 g/mol. The molecule has 0 atom stereocenters. The zero-order valence-electron chi connectivity index (χ0n) is 23.0. The molecule has 0 saturated heterocycles. The van der Waals surface area contributed by atoms with Gasteiger partial charge in [-0.1, -0.05) is 103 Å². The standard InChI is InChI=1S/C19H27NO2.C4H8S.3C2H6/c1-5-8-15(4)19(12-10-17(21)11-13-19)14-20-18(22)16(7-3)9-6-2;1-3-4(2)5;3*1-2/h5-9,17,21H,1-3,10-14H2,4H3,(H,20,22);3,5H,1-2H3;3*1-2H3/b15-8+,16-9+;4-3+;;;. The van der Waals surface area contributed by atoms with Crippen LogP contribution >= 0.6 is 12.6 Å². The number of carbonyl (C=O) groups is 1. The molecular formula is C29H53NO2S. The maximum Gasteiger partial charge on any atom is 0.251 e. The van der Waals surface area contributed by atoms with Crippen LogP contribution in [0.3, 0.4) is 0 Å². The number of thiol groups is 1. The molecule has 0 unspecified atom stereocenters. The smallest absolute Gasteiger partial charge is 0.251 e. The lowest BCUT2D eigenvalue weighted by molar-refractivity contribution is -0.117. The van der Waals surface area contributed by atoms with Gasteiger partial charge in [0.05, 0.1) is 6.10 Å². The van der Waals surface area contributed by atoms with E-state index >= 15 is 0 Å². The molecule has 0 aliphatic heterocycles. The number of amides is 1. The second-order valence-corrected chi connectivity index (χ2v) is 7.48. The van der Waals surface area contributed by atoms with Crippen molar-refractivity contribution in [3.63, 3.8) is 0 Å². The normalized spacial score (nSPS) is 19.8. The molecule has 0 aromatic rings. The lowest BCUT2D eigenvalue weighted by Gasteiger charge is -2.40.